The van der Waals surface area contributed by atoms with Crippen molar-refractivity contribution in [3.8, 4) is 0 Å². The lowest BCUT2D eigenvalue weighted by atomic mass is 9.86. The molecular weight excluding hydrogens is 260 g/mol. The van der Waals surface area contributed by atoms with Crippen LogP contribution >= 0.6 is 0 Å². The third kappa shape index (κ3) is 2.24. The van der Waals surface area contributed by atoms with Gasteiger partial charge >= 0.3 is 0 Å². The van der Waals surface area contributed by atoms with Gasteiger partial charge in [0.05, 0.1) is 5.41 Å². The topological polar surface area (TPSA) is 46.3 Å². The standard InChI is InChI=1S/C18H20N2O/c1-18(2)14-10-6-7-11-16(14)20(17(18)21)12-15(19)13-8-4-3-5-9-13/h3-11,15H,12,19H2,1-2H3. The molecule has 108 valence electrons. The minimum atomic E-state index is -0.479. The van der Waals surface area contributed by atoms with Crippen molar-refractivity contribution in [1.82, 2.24) is 0 Å². The van der Waals surface area contributed by atoms with Crippen molar-refractivity contribution >= 4 is 11.6 Å². The fraction of sp³-hybridized carbons (Fsp3) is 0.278. The maximum Gasteiger partial charge on any atom is 0.237 e. The van der Waals surface area contributed by atoms with Crippen molar-refractivity contribution in [3.05, 3.63) is 65.7 Å². The zero-order chi connectivity index (χ0) is 15.0. The summed E-state index contributed by atoms with van der Waals surface area (Å²) >= 11 is 0. The lowest BCUT2D eigenvalue weighted by molar-refractivity contribution is -0.122. The van der Waals surface area contributed by atoms with Gasteiger partial charge in [-0.25, -0.2) is 0 Å². The normalized spacial score (nSPS) is 17.7. The maximum absolute atomic E-state index is 12.7. The first kappa shape index (κ1) is 13.8. The number of hydrogen-bond donors (Lipinski definition) is 1. The van der Waals surface area contributed by atoms with E-state index in [0.29, 0.717) is 6.54 Å². The van der Waals surface area contributed by atoms with E-state index in [4.69, 9.17) is 5.73 Å². The molecule has 3 heteroatoms. The average Bonchev–Trinajstić information content (AvgIpc) is 2.70. The lowest BCUT2D eigenvalue weighted by Crippen LogP contribution is -2.40. The molecule has 0 fully saturated rings. The molecule has 1 amide bonds. The van der Waals surface area contributed by atoms with E-state index in [0.717, 1.165) is 16.8 Å². The zero-order valence-corrected chi connectivity index (χ0v) is 12.4. The minimum Gasteiger partial charge on any atom is -0.322 e. The van der Waals surface area contributed by atoms with Gasteiger partial charge in [-0.3, -0.25) is 4.79 Å². The highest BCUT2D eigenvalue weighted by Gasteiger charge is 2.43. The maximum atomic E-state index is 12.7. The summed E-state index contributed by atoms with van der Waals surface area (Å²) in [6, 6.07) is 17.7. The van der Waals surface area contributed by atoms with Crippen LogP contribution in [0.1, 0.15) is 31.0 Å². The summed E-state index contributed by atoms with van der Waals surface area (Å²) in [6.45, 7) is 4.45. The van der Waals surface area contributed by atoms with Gasteiger partial charge in [-0.15, -0.1) is 0 Å². The van der Waals surface area contributed by atoms with Gasteiger partial charge in [-0.2, -0.15) is 0 Å². The van der Waals surface area contributed by atoms with Crippen LogP contribution in [0.4, 0.5) is 5.69 Å². The molecule has 1 aliphatic rings. The number of nitrogens with two attached hydrogens (primary N) is 1. The van der Waals surface area contributed by atoms with Crippen molar-refractivity contribution in [2.75, 3.05) is 11.4 Å². The molecule has 1 atom stereocenters. The molecule has 0 radical (unpaired) electrons. The van der Waals surface area contributed by atoms with Crippen LogP contribution in [0.5, 0.6) is 0 Å². The molecule has 0 bridgehead atoms. The molecule has 0 aromatic heterocycles. The highest BCUT2D eigenvalue weighted by Crippen LogP contribution is 2.41. The molecule has 21 heavy (non-hydrogen) atoms. The molecule has 2 aromatic rings. The number of carbonyl (C=O) groups is 1. The second-order valence-electron chi connectivity index (χ2n) is 6.08. The van der Waals surface area contributed by atoms with Gasteiger partial charge in [0.25, 0.3) is 0 Å². The van der Waals surface area contributed by atoms with Crippen molar-refractivity contribution in [3.63, 3.8) is 0 Å². The summed E-state index contributed by atoms with van der Waals surface area (Å²) in [6.07, 6.45) is 0. The molecular formula is C18H20N2O. The number of benzene rings is 2. The number of amides is 1. The van der Waals surface area contributed by atoms with Crippen LogP contribution in [-0.4, -0.2) is 12.5 Å². The predicted octanol–water partition coefficient (Wildman–Crippen LogP) is 3.01. The Morgan fingerprint density at radius 1 is 1.05 bits per heavy atom. The third-order valence-corrected chi connectivity index (χ3v) is 4.26. The Balaban J connectivity index is 1.92. The number of para-hydroxylation sites is 1. The fourth-order valence-corrected chi connectivity index (χ4v) is 2.98. The first-order chi connectivity index (χ1) is 10.0. The van der Waals surface area contributed by atoms with Gasteiger partial charge in [0.1, 0.15) is 0 Å². The van der Waals surface area contributed by atoms with Crippen molar-refractivity contribution in [2.45, 2.75) is 25.3 Å². The van der Waals surface area contributed by atoms with Crippen LogP contribution in [0.15, 0.2) is 54.6 Å². The Hall–Kier alpha value is -2.13. The highest BCUT2D eigenvalue weighted by molar-refractivity contribution is 6.07. The number of nitrogens with zero attached hydrogens (tertiary/aromatic N) is 1. The van der Waals surface area contributed by atoms with E-state index in [2.05, 4.69) is 0 Å². The van der Waals surface area contributed by atoms with Gasteiger partial charge < -0.3 is 10.6 Å². The van der Waals surface area contributed by atoms with Gasteiger partial charge in [0, 0.05) is 18.3 Å². The van der Waals surface area contributed by atoms with E-state index in [1.165, 1.54) is 0 Å². The van der Waals surface area contributed by atoms with Gasteiger partial charge in [-0.05, 0) is 31.0 Å². The van der Waals surface area contributed by atoms with Crippen LogP contribution in [-0.2, 0) is 10.2 Å². The molecule has 0 saturated carbocycles. The van der Waals surface area contributed by atoms with E-state index >= 15 is 0 Å². The van der Waals surface area contributed by atoms with E-state index in [1.54, 1.807) is 0 Å². The van der Waals surface area contributed by atoms with Gasteiger partial charge in [0.2, 0.25) is 5.91 Å². The predicted molar refractivity (Wildman–Crippen MR) is 85.2 cm³/mol. The van der Waals surface area contributed by atoms with E-state index in [1.807, 2.05) is 73.3 Å². The number of hydrogen-bond acceptors (Lipinski definition) is 2. The van der Waals surface area contributed by atoms with Crippen molar-refractivity contribution in [2.24, 2.45) is 5.73 Å². The van der Waals surface area contributed by atoms with Crippen molar-refractivity contribution < 1.29 is 4.79 Å². The van der Waals surface area contributed by atoms with E-state index in [-0.39, 0.29) is 11.9 Å². The lowest BCUT2D eigenvalue weighted by Gasteiger charge is -2.24. The van der Waals surface area contributed by atoms with E-state index < -0.39 is 5.41 Å². The Labute approximate surface area is 125 Å². The molecule has 2 N–H and O–H groups in total. The molecule has 1 aliphatic heterocycles. The molecule has 3 rings (SSSR count). The summed E-state index contributed by atoms with van der Waals surface area (Å²) < 4.78 is 0. The third-order valence-electron chi connectivity index (χ3n) is 4.26. The number of anilines is 1. The summed E-state index contributed by atoms with van der Waals surface area (Å²) in [5.41, 5.74) is 8.92. The molecule has 1 heterocycles. The fourth-order valence-electron chi connectivity index (χ4n) is 2.98. The smallest absolute Gasteiger partial charge is 0.237 e. The number of carbonyl (C=O) groups excluding carboxylic acids is 1. The summed E-state index contributed by atoms with van der Waals surface area (Å²) in [4.78, 5) is 14.5. The number of rotatable bonds is 3. The Bertz CT molecular complexity index is 664. The SMILES string of the molecule is CC1(C)C(=O)N(CC(N)c2ccccc2)c2ccccc21. The van der Waals surface area contributed by atoms with Crippen LogP contribution in [0.3, 0.4) is 0 Å². The molecule has 0 aliphatic carbocycles. The first-order valence-corrected chi connectivity index (χ1v) is 7.24. The Kier molecular flexibility index (Phi) is 3.30. The second kappa shape index (κ2) is 5.01. The minimum absolute atomic E-state index is 0.120. The van der Waals surface area contributed by atoms with E-state index in [9.17, 15) is 4.79 Å². The first-order valence-electron chi connectivity index (χ1n) is 7.24. The summed E-state index contributed by atoms with van der Waals surface area (Å²) in [5, 5.41) is 0. The van der Waals surface area contributed by atoms with Crippen molar-refractivity contribution in [1.29, 1.82) is 0 Å². The Morgan fingerprint density at radius 3 is 2.38 bits per heavy atom. The largest absolute Gasteiger partial charge is 0.322 e. The van der Waals surface area contributed by atoms with Crippen LogP contribution in [0.2, 0.25) is 0 Å². The molecule has 2 aromatic carbocycles. The van der Waals surface area contributed by atoms with Crippen LogP contribution < -0.4 is 10.6 Å². The van der Waals surface area contributed by atoms with Gasteiger partial charge in [-0.1, -0.05) is 48.5 Å². The molecule has 3 nitrogen and oxygen atoms in total. The molecule has 1 unspecified atom stereocenters. The molecule has 0 saturated heterocycles. The second-order valence-corrected chi connectivity index (χ2v) is 6.08. The summed E-state index contributed by atoms with van der Waals surface area (Å²) in [5.74, 6) is 0.120. The Morgan fingerprint density at radius 2 is 1.67 bits per heavy atom. The van der Waals surface area contributed by atoms with Crippen LogP contribution in [0, 0.1) is 0 Å². The number of fused-ring (bicyclic) bond motifs is 1. The zero-order valence-electron chi connectivity index (χ0n) is 12.4. The molecule has 0 spiro atoms. The van der Waals surface area contributed by atoms with Gasteiger partial charge in [0.15, 0.2) is 0 Å². The van der Waals surface area contributed by atoms with Crippen LogP contribution in [0.25, 0.3) is 0 Å². The quantitative estimate of drug-likeness (QED) is 0.939. The summed E-state index contributed by atoms with van der Waals surface area (Å²) in [7, 11) is 0. The highest BCUT2D eigenvalue weighted by atomic mass is 16.2. The average molecular weight is 280 g/mol. The monoisotopic (exact) mass is 280 g/mol.